The molecule has 3 rings (SSSR count). The minimum absolute atomic E-state index is 0.0577. The minimum atomic E-state index is -4.27. The Bertz CT molecular complexity index is 1110. The van der Waals surface area contributed by atoms with Crippen molar-refractivity contribution in [2.45, 2.75) is 62.9 Å². The Kier molecular flexibility index (Phi) is 8.80. The fourth-order valence-corrected chi connectivity index (χ4v) is 6.36. The maximum Gasteiger partial charge on any atom is 0.326 e. The van der Waals surface area contributed by atoms with Gasteiger partial charge in [0.05, 0.1) is 5.69 Å². The molecule has 2 aliphatic rings. The number of hydrogen-bond acceptors (Lipinski definition) is 7. The Morgan fingerprint density at radius 1 is 1.25 bits per heavy atom. The van der Waals surface area contributed by atoms with E-state index in [1.54, 1.807) is 12.1 Å². The first-order valence-corrected chi connectivity index (χ1v) is 13.6. The molecule has 7 N–H and O–H groups in total. The van der Waals surface area contributed by atoms with E-state index < -0.39 is 34.0 Å². The molecule has 13 heteroatoms. The molecule has 0 radical (unpaired) electrons. The lowest BCUT2D eigenvalue weighted by molar-refractivity contribution is -0.153. The van der Waals surface area contributed by atoms with Crippen LogP contribution in [0.3, 0.4) is 0 Å². The number of nitrogens with two attached hydrogens (primary N) is 2. The smallest absolute Gasteiger partial charge is 0.326 e. The molecule has 1 amide bonds. The van der Waals surface area contributed by atoms with Crippen LogP contribution in [0.2, 0.25) is 0 Å². The molecule has 2 heterocycles. The number of carbonyl (C=O) groups excluding carboxylic acids is 1. The number of carbonyl (C=O) groups is 2. The number of aliphatic imine (C=N–C) groups is 1. The lowest BCUT2D eigenvalue weighted by Crippen LogP contribution is -2.56. The highest BCUT2D eigenvalue weighted by Gasteiger charge is 2.39. The number of anilines is 1. The fraction of sp³-hybridized carbons (Fsp3) is 0.609. The number of para-hydroxylation sites is 1. The van der Waals surface area contributed by atoms with E-state index in [4.69, 9.17) is 11.5 Å². The molecule has 1 unspecified atom stereocenters. The molecule has 0 bridgehead atoms. The van der Waals surface area contributed by atoms with Gasteiger partial charge in [-0.05, 0) is 55.6 Å². The van der Waals surface area contributed by atoms with Crippen molar-refractivity contribution in [1.29, 1.82) is 0 Å². The number of nitrogens with one attached hydrogen (secondary N) is 1. The lowest BCUT2D eigenvalue weighted by Gasteiger charge is -2.38. The predicted octanol–water partition coefficient (Wildman–Crippen LogP) is 0.487. The Labute approximate surface area is 211 Å². The monoisotopic (exact) mass is 524 g/mol. The topological polar surface area (TPSA) is 192 Å². The second-order valence-corrected chi connectivity index (χ2v) is 11.5. The van der Waals surface area contributed by atoms with Gasteiger partial charge in [-0.3, -0.25) is 20.1 Å². The molecule has 0 aromatic heterocycles. The van der Waals surface area contributed by atoms with Gasteiger partial charge in [0, 0.05) is 19.6 Å². The summed E-state index contributed by atoms with van der Waals surface area (Å²) in [6.45, 7) is 4.54. The third-order valence-electron chi connectivity index (χ3n) is 6.66. The summed E-state index contributed by atoms with van der Waals surface area (Å²) in [5.41, 5.74) is 11.6. The highest BCUT2D eigenvalue weighted by Crippen LogP contribution is 2.34. The predicted molar refractivity (Wildman–Crippen MR) is 134 cm³/mol. The zero-order valence-corrected chi connectivity index (χ0v) is 21.4. The van der Waals surface area contributed by atoms with Crippen molar-refractivity contribution in [3.05, 3.63) is 23.8 Å². The largest absolute Gasteiger partial charge is 0.480 e. The zero-order chi connectivity index (χ0) is 26.6. The number of amides is 1. The van der Waals surface area contributed by atoms with E-state index in [1.807, 2.05) is 13.8 Å². The van der Waals surface area contributed by atoms with Gasteiger partial charge >= 0.3 is 5.97 Å². The third-order valence-corrected chi connectivity index (χ3v) is 8.16. The van der Waals surface area contributed by atoms with Gasteiger partial charge < -0.3 is 21.5 Å². The van der Waals surface area contributed by atoms with Crippen LogP contribution in [-0.4, -0.2) is 73.2 Å². The first kappa shape index (κ1) is 27.7. The zero-order valence-electron chi connectivity index (χ0n) is 20.6. The van der Waals surface area contributed by atoms with Crippen molar-refractivity contribution >= 4 is 33.5 Å². The van der Waals surface area contributed by atoms with Crippen LogP contribution in [0, 0.1) is 11.8 Å². The first-order chi connectivity index (χ1) is 16.9. The molecular weight excluding hydrogens is 488 g/mol. The van der Waals surface area contributed by atoms with Gasteiger partial charge in [0.1, 0.15) is 17.0 Å². The summed E-state index contributed by atoms with van der Waals surface area (Å²) in [4.78, 5) is 30.4. The number of likely N-dealkylation sites (tertiary alicyclic amines) is 1. The van der Waals surface area contributed by atoms with E-state index in [-0.39, 0.29) is 60.9 Å². The fourth-order valence-electron chi connectivity index (χ4n) is 4.90. The number of benzene rings is 1. The van der Waals surface area contributed by atoms with Crippen LogP contribution in [0.5, 0.6) is 0 Å². The summed E-state index contributed by atoms with van der Waals surface area (Å²) in [6, 6.07) is 2.47. The molecule has 0 saturated carbocycles. The van der Waals surface area contributed by atoms with Crippen molar-refractivity contribution < 1.29 is 28.3 Å². The van der Waals surface area contributed by atoms with Crippen molar-refractivity contribution in [2.75, 3.05) is 24.7 Å². The van der Waals surface area contributed by atoms with Crippen molar-refractivity contribution in [2.24, 2.45) is 28.3 Å². The maximum atomic E-state index is 13.5. The van der Waals surface area contributed by atoms with E-state index in [0.29, 0.717) is 24.8 Å². The molecule has 12 nitrogen and oxygen atoms in total. The maximum absolute atomic E-state index is 13.5. The average Bonchev–Trinajstić information content (AvgIpc) is 2.79. The van der Waals surface area contributed by atoms with E-state index >= 15 is 0 Å². The molecule has 1 aromatic carbocycles. The van der Waals surface area contributed by atoms with E-state index in [9.17, 15) is 28.3 Å². The summed E-state index contributed by atoms with van der Waals surface area (Å²) in [6.07, 6.45) is 1.85. The van der Waals surface area contributed by atoms with E-state index in [2.05, 4.69) is 9.71 Å². The molecular formula is C23H36N6O6S. The number of rotatable bonds is 9. The number of hydrogen-bond donors (Lipinski definition) is 5. The third kappa shape index (κ3) is 6.45. The van der Waals surface area contributed by atoms with Crippen LogP contribution < -0.4 is 21.3 Å². The molecule has 2 aliphatic heterocycles. The number of fused-ring (bicyclic) bond motifs is 1. The number of carboxylic acid groups (broad SMARTS) is 1. The molecule has 36 heavy (non-hydrogen) atoms. The Morgan fingerprint density at radius 2 is 1.97 bits per heavy atom. The average molecular weight is 525 g/mol. The molecule has 0 aliphatic carbocycles. The van der Waals surface area contributed by atoms with Gasteiger partial charge in [0.2, 0.25) is 15.9 Å². The van der Waals surface area contributed by atoms with Crippen LogP contribution in [0.1, 0.15) is 45.1 Å². The molecule has 1 aromatic rings. The number of carboxylic acids is 1. The number of guanidine groups is 1. The summed E-state index contributed by atoms with van der Waals surface area (Å²) in [5.74, 6) is -1.60. The number of aliphatic carboxylic acids is 1. The van der Waals surface area contributed by atoms with E-state index in [1.165, 1.54) is 11.0 Å². The van der Waals surface area contributed by atoms with Gasteiger partial charge in [0.25, 0.3) is 0 Å². The van der Waals surface area contributed by atoms with Crippen LogP contribution in [-0.2, 0) is 26.0 Å². The highest BCUT2D eigenvalue weighted by molar-refractivity contribution is 7.89. The molecule has 0 spiro atoms. The quantitative estimate of drug-likeness (QED) is 0.174. The Balaban J connectivity index is 1.91. The van der Waals surface area contributed by atoms with Gasteiger partial charge in [-0.1, -0.05) is 26.0 Å². The summed E-state index contributed by atoms with van der Waals surface area (Å²) >= 11 is 0. The van der Waals surface area contributed by atoms with Gasteiger partial charge in [-0.2, -0.15) is 4.72 Å². The second kappa shape index (κ2) is 11.4. The van der Waals surface area contributed by atoms with Crippen LogP contribution >= 0.6 is 0 Å². The number of hydroxylamine groups is 1. The number of nitrogens with zero attached hydrogens (tertiary/aromatic N) is 3. The summed E-state index contributed by atoms with van der Waals surface area (Å²) in [7, 11) is -4.27. The molecule has 1 saturated heterocycles. The van der Waals surface area contributed by atoms with Crippen molar-refractivity contribution in [1.82, 2.24) is 9.62 Å². The summed E-state index contributed by atoms with van der Waals surface area (Å²) in [5, 5.41) is 21.2. The van der Waals surface area contributed by atoms with Gasteiger partial charge in [-0.15, -0.1) is 0 Å². The first-order valence-electron chi connectivity index (χ1n) is 12.1. The van der Waals surface area contributed by atoms with Gasteiger partial charge in [0.15, 0.2) is 5.96 Å². The van der Waals surface area contributed by atoms with E-state index in [0.717, 1.165) is 5.06 Å². The van der Waals surface area contributed by atoms with Crippen molar-refractivity contribution in [3.8, 4) is 0 Å². The van der Waals surface area contributed by atoms with Gasteiger partial charge in [-0.25, -0.2) is 13.2 Å². The summed E-state index contributed by atoms with van der Waals surface area (Å²) < 4.78 is 29.6. The lowest BCUT2D eigenvalue weighted by atomic mass is 9.91. The molecule has 1 fully saturated rings. The standard InChI is InChI=1S/C23H36N6O6S/c1-14-8-10-28(18(12-14)22(31)32)21(30)17(6-4-9-26-23(24)25)27-36(34,35)19-7-3-5-16-11-15(2)13-29(33)20(16)19/h3,5,7,14-15,17-18,27,33H,4,6,8-13H2,1-2H3,(H,31,32)(H4,24,25,26)/t14-,15?,17+,18-/m1/s1. The Morgan fingerprint density at radius 3 is 2.64 bits per heavy atom. The molecule has 200 valence electrons. The SMILES string of the molecule is CC1Cc2cccc(S(=O)(=O)N[C@@H](CCCN=C(N)N)C(=O)N3CC[C@@H](C)C[C@@H]3C(=O)O)c2N(O)C1. The minimum Gasteiger partial charge on any atom is -0.480 e. The van der Waals surface area contributed by atoms with Crippen LogP contribution in [0.15, 0.2) is 28.1 Å². The Hall–Kier alpha value is -2.90. The number of sulfonamides is 1. The second-order valence-electron chi connectivity index (χ2n) is 9.79. The molecule has 4 atom stereocenters. The number of piperidine rings is 1. The van der Waals surface area contributed by atoms with Crippen LogP contribution in [0.25, 0.3) is 0 Å². The van der Waals surface area contributed by atoms with Crippen molar-refractivity contribution in [3.63, 3.8) is 0 Å². The highest BCUT2D eigenvalue weighted by atomic mass is 32.2. The normalized spacial score (nSPS) is 23.0. The van der Waals surface area contributed by atoms with Crippen LogP contribution in [0.4, 0.5) is 5.69 Å².